The Labute approximate surface area is 539 Å². The third-order valence-corrected chi connectivity index (χ3v) is 16.4. The van der Waals surface area contributed by atoms with Crippen LogP contribution >= 0.6 is 0 Å². The van der Waals surface area contributed by atoms with Gasteiger partial charge in [0.2, 0.25) is 5.91 Å². The number of aliphatic hydroxyl groups excluding tert-OH is 8. The molecule has 0 bridgehead atoms. The van der Waals surface area contributed by atoms with E-state index in [1.165, 1.54) is 96.3 Å². The second kappa shape index (κ2) is 58.2. The van der Waals surface area contributed by atoms with Crippen LogP contribution in [0.1, 0.15) is 251 Å². The first kappa shape index (κ1) is 81.5. The topological polar surface area (TPSA) is 228 Å². The molecule has 0 aliphatic carbocycles. The molecule has 0 aromatic carbocycles. The average molecular weight is 1250 g/mol. The van der Waals surface area contributed by atoms with E-state index in [9.17, 15) is 45.6 Å². The number of carbonyl (C=O) groups excluding carboxylic acids is 1. The summed E-state index contributed by atoms with van der Waals surface area (Å²) in [5.41, 5.74) is 0. The first-order valence-electron chi connectivity index (χ1n) is 35.3. The van der Waals surface area contributed by atoms with E-state index in [0.29, 0.717) is 12.8 Å². The van der Waals surface area contributed by atoms with Gasteiger partial charge in [-0.25, -0.2) is 0 Å². The highest BCUT2D eigenvalue weighted by molar-refractivity contribution is 5.76. The molecule has 2 rings (SSSR count). The second-order valence-electron chi connectivity index (χ2n) is 24.3. The maximum atomic E-state index is 13.3. The quantitative estimate of drug-likeness (QED) is 0.0204. The number of ether oxygens (including phenoxy) is 4. The molecule has 0 aromatic heterocycles. The lowest BCUT2D eigenvalue weighted by Crippen LogP contribution is -2.65. The van der Waals surface area contributed by atoms with E-state index in [1.807, 2.05) is 0 Å². The standard InChI is InChI=1S/C75H127NO13/c1-3-5-7-9-11-13-15-17-19-21-22-23-24-25-26-27-28-29-30-31-32-33-34-35-36-37-38-39-40-41-42-43-45-47-49-51-53-55-57-59-67(80)76-63(64(79)58-56-54-52-50-48-46-44-20-18-16-14-12-10-8-6-4-2)62-86-74-72(85)70(83)73(66(61-78)88-74)89-75-71(84)69(82)68(81)65(60-77)87-75/h5,7,11,13,17,19,22-23,25-26,28-29,31-32,34-35,37-38,40-41,63-66,68-75,77-79,81-85H,3-4,6,8-10,12,14-16,18,20-21,24,27,30,33,36,39,42-62H2,1-2H3,(H,76,80)/b7-5-,13-11-,19-17-,23-22-,26-25-,29-28-,32-31-,35-34-,38-37-,41-40-. The second-order valence-corrected chi connectivity index (χ2v) is 24.3. The Morgan fingerprint density at radius 2 is 0.775 bits per heavy atom. The minimum Gasteiger partial charge on any atom is -0.394 e. The monoisotopic (exact) mass is 1250 g/mol. The summed E-state index contributed by atoms with van der Waals surface area (Å²) in [5, 5.41) is 87.5. The van der Waals surface area contributed by atoms with Crippen LogP contribution in [0.3, 0.4) is 0 Å². The lowest BCUT2D eigenvalue weighted by atomic mass is 9.97. The van der Waals surface area contributed by atoms with Crippen LogP contribution in [0.5, 0.6) is 0 Å². The Morgan fingerprint density at radius 3 is 1.19 bits per heavy atom. The highest BCUT2D eigenvalue weighted by atomic mass is 16.7. The van der Waals surface area contributed by atoms with Gasteiger partial charge >= 0.3 is 0 Å². The molecule has 9 N–H and O–H groups in total. The zero-order chi connectivity index (χ0) is 64.5. The molecule has 0 aromatic rings. The van der Waals surface area contributed by atoms with E-state index < -0.39 is 86.8 Å². The van der Waals surface area contributed by atoms with Crippen LogP contribution in [0.25, 0.3) is 0 Å². The van der Waals surface area contributed by atoms with E-state index in [-0.39, 0.29) is 18.9 Å². The highest BCUT2D eigenvalue weighted by Crippen LogP contribution is 2.30. The molecule has 510 valence electrons. The molecule has 12 atom stereocenters. The number of hydrogen-bond acceptors (Lipinski definition) is 13. The van der Waals surface area contributed by atoms with Crippen LogP contribution in [0, 0.1) is 0 Å². The summed E-state index contributed by atoms with van der Waals surface area (Å²) >= 11 is 0. The van der Waals surface area contributed by atoms with Gasteiger partial charge in [0.15, 0.2) is 12.6 Å². The van der Waals surface area contributed by atoms with Crippen LogP contribution < -0.4 is 5.32 Å². The van der Waals surface area contributed by atoms with Crippen molar-refractivity contribution >= 4 is 5.91 Å². The lowest BCUT2D eigenvalue weighted by Gasteiger charge is -2.46. The number of hydrogen-bond donors (Lipinski definition) is 9. The van der Waals surface area contributed by atoms with E-state index in [0.717, 1.165) is 122 Å². The van der Waals surface area contributed by atoms with Crippen molar-refractivity contribution in [1.29, 1.82) is 0 Å². The Hall–Kier alpha value is -3.61. The van der Waals surface area contributed by atoms with Crippen LogP contribution in [0.2, 0.25) is 0 Å². The van der Waals surface area contributed by atoms with Crippen molar-refractivity contribution in [1.82, 2.24) is 5.32 Å². The van der Waals surface area contributed by atoms with Crippen LogP contribution in [0.4, 0.5) is 0 Å². The van der Waals surface area contributed by atoms with Crippen LogP contribution in [-0.2, 0) is 23.7 Å². The minimum absolute atomic E-state index is 0.219. The summed E-state index contributed by atoms with van der Waals surface area (Å²) in [6.45, 7) is 2.74. The van der Waals surface area contributed by atoms with Crippen molar-refractivity contribution in [2.75, 3.05) is 19.8 Å². The summed E-state index contributed by atoms with van der Waals surface area (Å²) in [6.07, 6.45) is 67.8. The average Bonchev–Trinajstić information content (AvgIpc) is 2.55. The molecule has 0 radical (unpaired) electrons. The Kier molecular flexibility index (Phi) is 53.3. The van der Waals surface area contributed by atoms with E-state index >= 15 is 0 Å². The van der Waals surface area contributed by atoms with Crippen molar-refractivity contribution < 1.29 is 64.6 Å². The van der Waals surface area contributed by atoms with Gasteiger partial charge in [0.05, 0.1) is 32.0 Å². The first-order chi connectivity index (χ1) is 43.6. The largest absolute Gasteiger partial charge is 0.394 e. The number of rotatable bonds is 56. The van der Waals surface area contributed by atoms with Crippen LogP contribution in [-0.4, -0.2) is 140 Å². The van der Waals surface area contributed by atoms with E-state index in [1.54, 1.807) is 0 Å². The molecule has 2 heterocycles. The molecular formula is C75H127NO13. The molecule has 0 saturated carbocycles. The van der Waals surface area contributed by atoms with Gasteiger partial charge in [-0.15, -0.1) is 0 Å². The first-order valence-corrected chi connectivity index (χ1v) is 35.3. The summed E-state index contributed by atoms with van der Waals surface area (Å²) in [7, 11) is 0. The molecular weight excluding hydrogens is 1120 g/mol. The summed E-state index contributed by atoms with van der Waals surface area (Å²) in [4.78, 5) is 13.3. The van der Waals surface area contributed by atoms with Gasteiger partial charge in [-0.2, -0.15) is 0 Å². The van der Waals surface area contributed by atoms with Crippen molar-refractivity contribution in [3.05, 3.63) is 122 Å². The molecule has 14 heteroatoms. The van der Waals surface area contributed by atoms with Gasteiger partial charge in [0, 0.05) is 6.42 Å². The van der Waals surface area contributed by atoms with Crippen molar-refractivity contribution in [3.8, 4) is 0 Å². The minimum atomic E-state index is -1.79. The fourth-order valence-corrected chi connectivity index (χ4v) is 10.9. The molecule has 2 aliphatic rings. The number of nitrogens with one attached hydrogen (secondary N) is 1. The molecule has 12 unspecified atom stereocenters. The van der Waals surface area contributed by atoms with Gasteiger partial charge in [0.25, 0.3) is 0 Å². The molecule has 1 amide bonds. The molecule has 0 spiro atoms. The van der Waals surface area contributed by atoms with Crippen LogP contribution in [0.15, 0.2) is 122 Å². The third-order valence-electron chi connectivity index (χ3n) is 16.4. The summed E-state index contributed by atoms with van der Waals surface area (Å²) < 4.78 is 22.9. The van der Waals surface area contributed by atoms with Gasteiger partial charge < -0.3 is 65.1 Å². The predicted molar refractivity (Wildman–Crippen MR) is 364 cm³/mol. The number of carbonyl (C=O) groups is 1. The number of amides is 1. The van der Waals surface area contributed by atoms with E-state index in [2.05, 4.69) is 141 Å². The molecule has 2 saturated heterocycles. The van der Waals surface area contributed by atoms with Gasteiger partial charge in [-0.3, -0.25) is 4.79 Å². The van der Waals surface area contributed by atoms with Crippen molar-refractivity contribution in [3.63, 3.8) is 0 Å². The molecule has 2 aliphatic heterocycles. The molecule has 89 heavy (non-hydrogen) atoms. The fourth-order valence-electron chi connectivity index (χ4n) is 10.9. The third kappa shape index (κ3) is 42.3. The normalized spacial score (nSPS) is 23.8. The van der Waals surface area contributed by atoms with Crippen molar-refractivity contribution in [2.24, 2.45) is 0 Å². The lowest BCUT2D eigenvalue weighted by molar-refractivity contribution is -0.359. The zero-order valence-corrected chi connectivity index (χ0v) is 55.4. The molecule has 2 fully saturated rings. The SMILES string of the molecule is CC/C=C\C/C=C\C/C=C\C/C=C\C/C=C\C/C=C\C/C=C\C/C=C\C/C=C\C/C=C\CCCCCCCCCCC(=O)NC(COC1OC(CO)C(OC2OC(CO)C(O)C(O)C2O)C(O)C1O)C(O)CCCCCCCCCCCCCCCCCC. The maximum Gasteiger partial charge on any atom is 0.220 e. The van der Waals surface area contributed by atoms with E-state index in [4.69, 9.17) is 18.9 Å². The Morgan fingerprint density at radius 1 is 0.416 bits per heavy atom. The fraction of sp³-hybridized carbons (Fsp3) is 0.720. The summed E-state index contributed by atoms with van der Waals surface area (Å²) in [5.74, 6) is -0.219. The highest BCUT2D eigenvalue weighted by Gasteiger charge is 2.51. The predicted octanol–water partition coefficient (Wildman–Crippen LogP) is 14.5. The van der Waals surface area contributed by atoms with Gasteiger partial charge in [-0.05, 0) is 89.9 Å². The maximum absolute atomic E-state index is 13.3. The number of allylic oxidation sites excluding steroid dienone is 20. The zero-order valence-electron chi connectivity index (χ0n) is 55.4. The Balaban J connectivity index is 1.63. The van der Waals surface area contributed by atoms with Crippen molar-refractivity contribution in [2.45, 2.75) is 325 Å². The summed E-state index contributed by atoms with van der Waals surface area (Å²) in [6, 6.07) is -0.842. The molecule has 14 nitrogen and oxygen atoms in total. The number of aliphatic hydroxyl groups is 8. The van der Waals surface area contributed by atoms with Gasteiger partial charge in [0.1, 0.15) is 48.8 Å². The smallest absolute Gasteiger partial charge is 0.220 e. The Bertz CT molecular complexity index is 1960. The van der Waals surface area contributed by atoms with Gasteiger partial charge in [-0.1, -0.05) is 277 Å². The number of unbranched alkanes of at least 4 members (excludes halogenated alkanes) is 23.